The summed E-state index contributed by atoms with van der Waals surface area (Å²) in [5.41, 5.74) is 6.62. The van der Waals surface area contributed by atoms with Crippen molar-refractivity contribution >= 4 is 40.0 Å². The molecule has 5 aliphatic rings. The zero-order valence-corrected chi connectivity index (χ0v) is 24.5. The number of alkyl halides is 1. The molecule has 6 heterocycles. The number of thioether (sulfide) groups is 1. The van der Waals surface area contributed by atoms with Crippen LogP contribution in [0.1, 0.15) is 55.0 Å². The Hall–Kier alpha value is -2.91. The summed E-state index contributed by atoms with van der Waals surface area (Å²) in [5.74, 6) is 1.53. The Kier molecular flexibility index (Phi) is 6.28. The maximum Gasteiger partial charge on any atom is 0.323 e. The van der Waals surface area contributed by atoms with Crippen LogP contribution in [0.4, 0.5) is 21.3 Å². The number of aliphatic hydroxyl groups excluding tert-OH is 1. The molecule has 2 unspecified atom stereocenters. The number of aromatic nitrogens is 3. The lowest BCUT2D eigenvalue weighted by Gasteiger charge is -2.48. The Morgan fingerprint density at radius 1 is 1.27 bits per heavy atom. The van der Waals surface area contributed by atoms with E-state index in [1.807, 2.05) is 23.6 Å². The van der Waals surface area contributed by atoms with E-state index in [-0.39, 0.29) is 29.5 Å². The van der Waals surface area contributed by atoms with Gasteiger partial charge in [0.1, 0.15) is 29.4 Å². The Morgan fingerprint density at radius 2 is 2.07 bits per heavy atom. The zero-order valence-electron chi connectivity index (χ0n) is 22.8. The first-order valence-corrected chi connectivity index (χ1v) is 15.9. The van der Waals surface area contributed by atoms with Crippen LogP contribution in [-0.2, 0) is 10.5 Å². The summed E-state index contributed by atoms with van der Waals surface area (Å²) in [6.45, 7) is 4.43. The first-order chi connectivity index (χ1) is 19.7. The molecule has 1 saturated carbocycles. The molecule has 0 bridgehead atoms. The van der Waals surface area contributed by atoms with Crippen LogP contribution in [0.2, 0.25) is 0 Å². The monoisotopic (exact) mass is 597 g/mol. The van der Waals surface area contributed by atoms with Gasteiger partial charge in [0.2, 0.25) is 11.9 Å². The van der Waals surface area contributed by atoms with Gasteiger partial charge in [-0.25, -0.2) is 4.39 Å². The van der Waals surface area contributed by atoms with Gasteiger partial charge in [0.15, 0.2) is 0 Å². The second-order valence-corrected chi connectivity index (χ2v) is 14.5. The topological polar surface area (TPSA) is 151 Å². The number of nitrogens with two attached hydrogens (primary N) is 1. The van der Waals surface area contributed by atoms with E-state index >= 15 is 0 Å². The van der Waals surface area contributed by atoms with Crippen LogP contribution in [0.25, 0.3) is 0 Å². The Labute approximate surface area is 246 Å². The third-order valence-corrected chi connectivity index (χ3v) is 12.0. The van der Waals surface area contributed by atoms with Crippen LogP contribution in [0.5, 0.6) is 6.01 Å². The van der Waals surface area contributed by atoms with E-state index in [0.29, 0.717) is 61.4 Å². The van der Waals surface area contributed by atoms with E-state index in [1.165, 1.54) is 11.3 Å². The third-order valence-electron chi connectivity index (χ3n) is 9.37. The minimum atomic E-state index is -0.870. The van der Waals surface area contributed by atoms with Crippen LogP contribution in [0.3, 0.4) is 0 Å². The van der Waals surface area contributed by atoms with E-state index in [4.69, 9.17) is 20.4 Å². The fraction of sp³-hybridized carbons (Fsp3) is 0.667. The van der Waals surface area contributed by atoms with Gasteiger partial charge in [0.25, 0.3) is 0 Å². The molecule has 3 saturated heterocycles. The first kappa shape index (κ1) is 27.0. The molecule has 2 aromatic rings. The lowest BCUT2D eigenvalue weighted by Crippen LogP contribution is -2.57. The summed E-state index contributed by atoms with van der Waals surface area (Å²) in [4.78, 5) is 21.3. The van der Waals surface area contributed by atoms with E-state index in [9.17, 15) is 20.0 Å². The fourth-order valence-corrected chi connectivity index (χ4v) is 9.95. The van der Waals surface area contributed by atoms with Crippen LogP contribution >= 0.6 is 23.1 Å². The molecular weight excluding hydrogens is 565 g/mol. The van der Waals surface area contributed by atoms with Gasteiger partial charge in [-0.15, -0.1) is 23.1 Å². The fourth-order valence-electron chi connectivity index (χ4n) is 7.14. The molecule has 0 radical (unpaired) electrons. The maximum atomic E-state index is 14.4. The molecule has 11 nitrogen and oxygen atoms in total. The van der Waals surface area contributed by atoms with Crippen molar-refractivity contribution in [1.82, 2.24) is 19.9 Å². The number of hydrogen-bond donors (Lipinski definition) is 2. The van der Waals surface area contributed by atoms with E-state index in [2.05, 4.69) is 22.0 Å². The summed E-state index contributed by atoms with van der Waals surface area (Å²) in [5, 5.41) is 30.4. The van der Waals surface area contributed by atoms with Gasteiger partial charge in [-0.1, -0.05) is 0 Å². The van der Waals surface area contributed by atoms with Crippen LogP contribution < -0.4 is 20.3 Å². The molecule has 4 fully saturated rings. The summed E-state index contributed by atoms with van der Waals surface area (Å²) >= 11 is 3.31. The molecule has 4 aliphatic heterocycles. The average molecular weight is 598 g/mol. The lowest BCUT2D eigenvalue weighted by atomic mass is 9.88. The number of anilines is 3. The molecule has 216 valence electrons. The van der Waals surface area contributed by atoms with Crippen molar-refractivity contribution in [2.45, 2.75) is 72.8 Å². The molecule has 3 N–H and O–H groups in total. The second kappa shape index (κ2) is 9.56. The molecular formula is C27H32FN9O2S2. The third kappa shape index (κ3) is 4.14. The average Bonchev–Trinajstić information content (AvgIpc) is 3.15. The standard InChI is InChI=1S/C27H32FN9O2S2/c1-16(10-38)37(25(12-30)4-5-25)23-32-22(33-24(34-23)39-15-26-3-2-6-36(26)9-17(28)7-26)35-13-27(14-35)20-18(8-29)21(31)41-19(20)11-40-27/h16-17,38H,2-7,9-11,13-15,31H2,1H3/t16?,17?,26-/m0/s1. The molecule has 1 aliphatic carbocycles. The van der Waals surface area contributed by atoms with E-state index in [0.717, 1.165) is 35.6 Å². The number of nitriles is 2. The largest absolute Gasteiger partial charge is 0.461 e. The molecule has 41 heavy (non-hydrogen) atoms. The molecule has 1 spiro atoms. The Balaban J connectivity index is 1.21. The molecule has 7 rings (SSSR count). The first-order valence-electron chi connectivity index (χ1n) is 14.1. The van der Waals surface area contributed by atoms with Gasteiger partial charge in [0.05, 0.1) is 34.6 Å². The van der Waals surface area contributed by atoms with Crippen molar-refractivity contribution in [2.75, 3.05) is 54.9 Å². The van der Waals surface area contributed by atoms with Gasteiger partial charge in [-0.05, 0) is 39.2 Å². The highest BCUT2D eigenvalue weighted by atomic mass is 32.2. The summed E-state index contributed by atoms with van der Waals surface area (Å²) in [7, 11) is 0. The summed E-state index contributed by atoms with van der Waals surface area (Å²) in [6.07, 6.45) is 2.74. The van der Waals surface area contributed by atoms with Gasteiger partial charge in [-0.3, -0.25) is 4.90 Å². The van der Waals surface area contributed by atoms with Gasteiger partial charge in [-0.2, -0.15) is 25.5 Å². The van der Waals surface area contributed by atoms with Gasteiger partial charge >= 0.3 is 6.01 Å². The molecule has 0 aromatic carbocycles. The number of aliphatic hydroxyl groups is 1. The van der Waals surface area contributed by atoms with Crippen molar-refractivity contribution in [1.29, 1.82) is 10.5 Å². The highest BCUT2D eigenvalue weighted by Crippen LogP contribution is 2.58. The summed E-state index contributed by atoms with van der Waals surface area (Å²) in [6, 6.07) is 4.45. The molecule has 2 aromatic heterocycles. The predicted octanol–water partition coefficient (Wildman–Crippen LogP) is 2.55. The normalized spacial score (nSPS) is 27.5. The highest BCUT2D eigenvalue weighted by Gasteiger charge is 2.55. The number of ether oxygens (including phenoxy) is 1. The van der Waals surface area contributed by atoms with E-state index < -0.39 is 17.8 Å². The minimum absolute atomic E-state index is 0.135. The quantitative estimate of drug-likeness (QED) is 0.460. The number of halogens is 1. The number of nitrogens with zero attached hydrogens (tertiary/aromatic N) is 8. The molecule has 14 heteroatoms. The highest BCUT2D eigenvalue weighted by molar-refractivity contribution is 8.00. The van der Waals surface area contributed by atoms with E-state index in [1.54, 1.807) is 4.90 Å². The van der Waals surface area contributed by atoms with Gasteiger partial charge in [0, 0.05) is 42.2 Å². The van der Waals surface area contributed by atoms with Crippen LogP contribution in [-0.4, -0.2) is 87.6 Å². The van der Waals surface area contributed by atoms with Crippen molar-refractivity contribution in [3.63, 3.8) is 0 Å². The zero-order chi connectivity index (χ0) is 28.6. The number of fused-ring (bicyclic) bond motifs is 3. The van der Waals surface area contributed by atoms with Crippen LogP contribution in [0, 0.1) is 22.7 Å². The number of nitrogen functional groups attached to an aromatic ring is 1. The number of rotatable bonds is 8. The molecule has 3 atom stereocenters. The van der Waals surface area contributed by atoms with Crippen LogP contribution in [0.15, 0.2) is 0 Å². The number of thiophene rings is 1. The number of hydrogen-bond acceptors (Lipinski definition) is 13. The minimum Gasteiger partial charge on any atom is -0.461 e. The van der Waals surface area contributed by atoms with Crippen molar-refractivity contribution in [3.05, 3.63) is 16.0 Å². The van der Waals surface area contributed by atoms with Crippen molar-refractivity contribution in [2.24, 2.45) is 0 Å². The molecule has 0 amide bonds. The van der Waals surface area contributed by atoms with Crippen molar-refractivity contribution < 1.29 is 14.2 Å². The predicted molar refractivity (Wildman–Crippen MR) is 154 cm³/mol. The smallest absolute Gasteiger partial charge is 0.323 e. The SMILES string of the molecule is CC(CO)N(c1nc(OC[C@@]23CCCN2CC(F)C3)nc(N2CC3(C2)SCc2sc(N)c(C#N)c23)n1)C1(C#N)CC1. The lowest BCUT2D eigenvalue weighted by molar-refractivity contribution is 0.107. The second-order valence-electron chi connectivity index (χ2n) is 12.0. The summed E-state index contributed by atoms with van der Waals surface area (Å²) < 4.78 is 20.4. The maximum absolute atomic E-state index is 14.4. The van der Waals surface area contributed by atoms with Crippen molar-refractivity contribution in [3.8, 4) is 18.1 Å². The Bertz CT molecular complexity index is 1460. The van der Waals surface area contributed by atoms with Gasteiger partial charge < -0.3 is 25.4 Å². The Morgan fingerprint density at radius 3 is 2.78 bits per heavy atom.